The summed E-state index contributed by atoms with van der Waals surface area (Å²) in [7, 11) is 0. The third kappa shape index (κ3) is 6.49. The highest BCUT2D eigenvalue weighted by molar-refractivity contribution is 7.15. The molecule has 7 nitrogen and oxygen atoms in total. The smallest absolute Gasteiger partial charge is 0.226 e. The first-order chi connectivity index (χ1) is 13.2. The van der Waals surface area contributed by atoms with Crippen LogP contribution in [0.25, 0.3) is 0 Å². The molecule has 2 fully saturated rings. The minimum atomic E-state index is 0.0676. The molecule has 4 rings (SSSR count). The van der Waals surface area contributed by atoms with Gasteiger partial charge in [-0.1, -0.05) is 35.5 Å². The van der Waals surface area contributed by atoms with E-state index in [0.29, 0.717) is 17.5 Å². The molecule has 2 aromatic heterocycles. The van der Waals surface area contributed by atoms with Gasteiger partial charge in [0.25, 0.3) is 0 Å². The molecule has 2 aliphatic carbocycles. The molecule has 27 heavy (non-hydrogen) atoms. The average molecular weight is 407 g/mol. The van der Waals surface area contributed by atoms with Crippen molar-refractivity contribution in [1.29, 1.82) is 0 Å². The summed E-state index contributed by atoms with van der Waals surface area (Å²) in [6.07, 6.45) is 11.0. The molecule has 2 N–H and O–H groups in total. The van der Waals surface area contributed by atoms with Gasteiger partial charge >= 0.3 is 0 Å². The average Bonchev–Trinajstić information content (AvgIpc) is 3.55. The normalized spacial score (nSPS) is 16.4. The van der Waals surface area contributed by atoms with E-state index in [9.17, 15) is 4.79 Å². The minimum Gasteiger partial charge on any atom is -0.360 e. The number of hydrogen-bond acceptors (Lipinski definition) is 8. The monoisotopic (exact) mass is 406 g/mol. The van der Waals surface area contributed by atoms with Crippen LogP contribution in [0, 0.1) is 11.8 Å². The lowest BCUT2D eigenvalue weighted by Gasteiger charge is -1.99. The molecule has 9 heteroatoms. The predicted octanol–water partition coefficient (Wildman–Crippen LogP) is 3.91. The van der Waals surface area contributed by atoms with Gasteiger partial charge in [0.15, 0.2) is 0 Å². The number of carbonyl (C=O) groups excluding carboxylic acids is 1. The third-order valence-corrected chi connectivity index (χ3v) is 6.75. The summed E-state index contributed by atoms with van der Waals surface area (Å²) in [5.74, 6) is 1.60. The number of amides is 1. The lowest BCUT2D eigenvalue weighted by Crippen LogP contribution is -2.11. The minimum absolute atomic E-state index is 0.0676. The first-order valence-corrected chi connectivity index (χ1v) is 11.6. The van der Waals surface area contributed by atoms with Crippen LogP contribution < -0.4 is 10.6 Å². The Bertz CT molecular complexity index is 753. The second-order valence-electron chi connectivity index (χ2n) is 7.56. The van der Waals surface area contributed by atoms with E-state index in [-0.39, 0.29) is 5.91 Å². The number of carbonyl (C=O) groups is 1. The van der Waals surface area contributed by atoms with Crippen molar-refractivity contribution in [3.8, 4) is 0 Å². The summed E-state index contributed by atoms with van der Waals surface area (Å²) >= 11 is 3.15. The van der Waals surface area contributed by atoms with Crippen molar-refractivity contribution in [3.05, 3.63) is 10.0 Å². The molecular weight excluding hydrogens is 380 g/mol. The number of hydrogen-bond donors (Lipinski definition) is 2. The molecule has 0 aliphatic heterocycles. The van der Waals surface area contributed by atoms with Gasteiger partial charge in [-0.05, 0) is 43.9 Å². The number of aryl methyl sites for hydroxylation is 2. The summed E-state index contributed by atoms with van der Waals surface area (Å²) in [6, 6.07) is 0. The summed E-state index contributed by atoms with van der Waals surface area (Å²) in [5, 5.41) is 26.6. The fourth-order valence-electron chi connectivity index (χ4n) is 2.93. The highest BCUT2D eigenvalue weighted by Crippen LogP contribution is 2.33. The highest BCUT2D eigenvalue weighted by atomic mass is 32.1. The topological polar surface area (TPSA) is 92.7 Å². The number of nitrogens with zero attached hydrogens (tertiary/aromatic N) is 4. The molecule has 0 bridgehead atoms. The van der Waals surface area contributed by atoms with E-state index in [0.717, 1.165) is 53.3 Å². The molecule has 0 saturated heterocycles. The van der Waals surface area contributed by atoms with Crippen LogP contribution in [-0.4, -0.2) is 32.8 Å². The van der Waals surface area contributed by atoms with Crippen LogP contribution in [0.1, 0.15) is 61.4 Å². The second-order valence-corrected chi connectivity index (χ2v) is 9.69. The molecule has 0 aromatic carbocycles. The summed E-state index contributed by atoms with van der Waals surface area (Å²) in [5.41, 5.74) is 0. The summed E-state index contributed by atoms with van der Waals surface area (Å²) in [4.78, 5) is 11.8. The van der Waals surface area contributed by atoms with Crippen molar-refractivity contribution in [2.75, 3.05) is 17.2 Å². The molecule has 2 saturated carbocycles. The zero-order chi connectivity index (χ0) is 18.5. The Morgan fingerprint density at radius 3 is 2.19 bits per heavy atom. The Balaban J connectivity index is 1.10. The molecule has 146 valence electrons. The fourth-order valence-corrected chi connectivity index (χ4v) is 4.53. The van der Waals surface area contributed by atoms with Crippen LogP contribution in [0.3, 0.4) is 0 Å². The number of aromatic nitrogens is 4. The molecule has 2 aliphatic rings. The van der Waals surface area contributed by atoms with Crippen molar-refractivity contribution in [2.45, 2.75) is 64.2 Å². The molecule has 0 radical (unpaired) electrons. The highest BCUT2D eigenvalue weighted by Gasteiger charge is 2.24. The second kappa shape index (κ2) is 9.05. The van der Waals surface area contributed by atoms with Crippen LogP contribution in [0.15, 0.2) is 0 Å². The predicted molar refractivity (Wildman–Crippen MR) is 108 cm³/mol. The lowest BCUT2D eigenvalue weighted by atomic mass is 10.2. The third-order valence-electron chi connectivity index (χ3n) is 4.91. The van der Waals surface area contributed by atoms with E-state index < -0.39 is 0 Å². The van der Waals surface area contributed by atoms with Gasteiger partial charge in [0.2, 0.25) is 16.2 Å². The van der Waals surface area contributed by atoms with E-state index in [1.54, 1.807) is 11.3 Å². The molecular formula is C18H26N6OS2. The first kappa shape index (κ1) is 18.7. The van der Waals surface area contributed by atoms with E-state index >= 15 is 0 Å². The van der Waals surface area contributed by atoms with Crippen LogP contribution in [0.4, 0.5) is 10.3 Å². The van der Waals surface area contributed by atoms with Gasteiger partial charge in [-0.15, -0.1) is 20.4 Å². The largest absolute Gasteiger partial charge is 0.360 e. The van der Waals surface area contributed by atoms with Gasteiger partial charge in [-0.25, -0.2) is 0 Å². The maximum Gasteiger partial charge on any atom is 0.226 e. The van der Waals surface area contributed by atoms with Crippen molar-refractivity contribution >= 4 is 38.8 Å². The molecule has 1 amide bonds. The standard InChI is InChI=1S/C18H26N6OS2/c25-14(11-13-7-8-13)20-18-24-22-16(27-18)4-2-1-3-15-21-23-17(26-15)19-10-9-12-5-6-12/h12-13H,1-11H2,(H,19,23)(H,20,24,25). The first-order valence-electron chi connectivity index (χ1n) is 9.93. The Morgan fingerprint density at radius 2 is 1.52 bits per heavy atom. The summed E-state index contributed by atoms with van der Waals surface area (Å²) in [6.45, 7) is 1.01. The van der Waals surface area contributed by atoms with Crippen LogP contribution in [0.2, 0.25) is 0 Å². The fraction of sp³-hybridized carbons (Fsp3) is 0.722. The van der Waals surface area contributed by atoms with Crippen molar-refractivity contribution < 1.29 is 4.79 Å². The number of anilines is 2. The van der Waals surface area contributed by atoms with Gasteiger partial charge < -0.3 is 10.6 Å². The number of unbranched alkanes of at least 4 members (excludes halogenated alkanes) is 1. The molecule has 0 spiro atoms. The van der Waals surface area contributed by atoms with Crippen LogP contribution in [-0.2, 0) is 17.6 Å². The Morgan fingerprint density at radius 1 is 0.889 bits per heavy atom. The molecule has 0 atom stereocenters. The van der Waals surface area contributed by atoms with Crippen molar-refractivity contribution in [2.24, 2.45) is 11.8 Å². The van der Waals surface area contributed by atoms with Gasteiger partial charge in [0, 0.05) is 25.8 Å². The van der Waals surface area contributed by atoms with Crippen molar-refractivity contribution in [1.82, 2.24) is 20.4 Å². The summed E-state index contributed by atoms with van der Waals surface area (Å²) < 4.78 is 0. The molecule has 0 unspecified atom stereocenters. The quantitative estimate of drug-likeness (QED) is 0.519. The van der Waals surface area contributed by atoms with E-state index in [1.165, 1.54) is 43.4 Å². The number of nitrogens with one attached hydrogen (secondary N) is 2. The Hall–Kier alpha value is -1.61. The molecule has 2 heterocycles. The van der Waals surface area contributed by atoms with Gasteiger partial charge in [-0.3, -0.25) is 4.79 Å². The maximum atomic E-state index is 11.8. The lowest BCUT2D eigenvalue weighted by molar-refractivity contribution is -0.116. The molecule has 2 aromatic rings. The van der Waals surface area contributed by atoms with Crippen LogP contribution in [0.5, 0.6) is 0 Å². The zero-order valence-corrected chi connectivity index (χ0v) is 17.1. The van der Waals surface area contributed by atoms with E-state index in [2.05, 4.69) is 31.0 Å². The zero-order valence-electron chi connectivity index (χ0n) is 15.4. The SMILES string of the molecule is O=C(CC1CC1)Nc1nnc(CCCCc2nnc(NCCC3CC3)s2)s1. The van der Waals surface area contributed by atoms with Gasteiger partial charge in [0.05, 0.1) is 0 Å². The maximum absolute atomic E-state index is 11.8. The van der Waals surface area contributed by atoms with Crippen molar-refractivity contribution in [3.63, 3.8) is 0 Å². The van der Waals surface area contributed by atoms with Gasteiger partial charge in [-0.2, -0.15) is 0 Å². The van der Waals surface area contributed by atoms with E-state index in [1.807, 2.05) is 0 Å². The Labute approximate surface area is 167 Å². The van der Waals surface area contributed by atoms with E-state index in [4.69, 9.17) is 0 Å². The number of rotatable bonds is 12. The van der Waals surface area contributed by atoms with Crippen LogP contribution >= 0.6 is 22.7 Å². The Kier molecular flexibility index (Phi) is 6.28. The van der Waals surface area contributed by atoms with Gasteiger partial charge in [0.1, 0.15) is 10.0 Å².